The molecule has 0 aromatic carbocycles. The van der Waals surface area contributed by atoms with Gasteiger partial charge in [0.05, 0.1) is 0 Å². The lowest BCUT2D eigenvalue weighted by atomic mass is 10.1. The second-order valence-electron chi connectivity index (χ2n) is 3.14. The number of carbonyl (C=O) groups is 1. The van der Waals surface area contributed by atoms with E-state index in [-0.39, 0.29) is 18.3 Å². The zero-order valence-corrected chi connectivity index (χ0v) is 7.78. The molecule has 1 saturated heterocycles. The number of amides is 1. The molecule has 1 amide bonds. The van der Waals surface area contributed by atoms with E-state index in [9.17, 15) is 4.79 Å². The van der Waals surface area contributed by atoms with Crippen LogP contribution < -0.4 is 5.32 Å². The molecule has 1 N–H and O–H groups in total. The van der Waals surface area contributed by atoms with E-state index in [0.29, 0.717) is 12.3 Å². The second kappa shape index (κ2) is 4.57. The van der Waals surface area contributed by atoms with Gasteiger partial charge in [-0.1, -0.05) is 0 Å². The van der Waals surface area contributed by atoms with Crippen molar-refractivity contribution < 1.29 is 4.79 Å². The van der Waals surface area contributed by atoms with E-state index in [0.717, 1.165) is 13.1 Å². The van der Waals surface area contributed by atoms with Gasteiger partial charge >= 0.3 is 0 Å². The number of nitrogens with one attached hydrogen (secondary N) is 1. The van der Waals surface area contributed by atoms with E-state index < -0.39 is 0 Å². The van der Waals surface area contributed by atoms with Crippen LogP contribution in [0, 0.1) is 5.92 Å². The summed E-state index contributed by atoms with van der Waals surface area (Å²) >= 11 is 0. The van der Waals surface area contributed by atoms with Crippen LogP contribution in [0.1, 0.15) is 6.42 Å². The molecule has 66 valence electrons. The molecule has 0 spiro atoms. The van der Waals surface area contributed by atoms with E-state index in [2.05, 4.69) is 10.2 Å². The number of hydrogen-bond acceptors (Lipinski definition) is 2. The van der Waals surface area contributed by atoms with Crippen LogP contribution in [0.2, 0.25) is 0 Å². The molecule has 0 bridgehead atoms. The molecule has 3 nitrogen and oxygen atoms in total. The SMILES string of the molecule is CN(C)CC1CNC(=O)C1.Cl. The molecule has 0 saturated carbocycles. The Labute approximate surface area is 73.5 Å². The maximum absolute atomic E-state index is 10.7. The highest BCUT2D eigenvalue weighted by Gasteiger charge is 2.21. The van der Waals surface area contributed by atoms with Crippen molar-refractivity contribution >= 4 is 18.3 Å². The second-order valence-corrected chi connectivity index (χ2v) is 3.14. The molecule has 1 aliphatic rings. The number of hydrogen-bond donors (Lipinski definition) is 1. The summed E-state index contributed by atoms with van der Waals surface area (Å²) < 4.78 is 0. The van der Waals surface area contributed by atoms with Crippen molar-refractivity contribution in [2.45, 2.75) is 6.42 Å². The Hall–Kier alpha value is -0.280. The Morgan fingerprint density at radius 2 is 2.27 bits per heavy atom. The van der Waals surface area contributed by atoms with Crippen LogP contribution in [0.4, 0.5) is 0 Å². The molecule has 11 heavy (non-hydrogen) atoms. The fourth-order valence-corrected chi connectivity index (χ4v) is 1.31. The van der Waals surface area contributed by atoms with E-state index in [1.807, 2.05) is 14.1 Å². The normalized spacial score (nSPS) is 23.2. The molecule has 1 atom stereocenters. The third kappa shape index (κ3) is 3.58. The molecular weight excluding hydrogens is 164 g/mol. The average molecular weight is 179 g/mol. The van der Waals surface area contributed by atoms with Crippen LogP contribution in [0.5, 0.6) is 0 Å². The van der Waals surface area contributed by atoms with Crippen molar-refractivity contribution in [1.82, 2.24) is 10.2 Å². The van der Waals surface area contributed by atoms with Crippen LogP contribution in [-0.4, -0.2) is 38.0 Å². The Bertz CT molecular complexity index is 138. The summed E-state index contributed by atoms with van der Waals surface area (Å²) in [4.78, 5) is 12.8. The lowest BCUT2D eigenvalue weighted by molar-refractivity contribution is -0.119. The standard InChI is InChI=1S/C7H14N2O.ClH/c1-9(2)5-6-3-7(10)8-4-6;/h6H,3-5H2,1-2H3,(H,8,10);1H. The summed E-state index contributed by atoms with van der Waals surface area (Å²) in [6.07, 6.45) is 0.707. The van der Waals surface area contributed by atoms with Crippen molar-refractivity contribution in [3.05, 3.63) is 0 Å². The van der Waals surface area contributed by atoms with E-state index in [1.54, 1.807) is 0 Å². The smallest absolute Gasteiger partial charge is 0.220 e. The van der Waals surface area contributed by atoms with E-state index in [4.69, 9.17) is 0 Å². The van der Waals surface area contributed by atoms with Crippen molar-refractivity contribution in [2.75, 3.05) is 27.2 Å². The Kier molecular flexibility index (Phi) is 4.45. The zero-order valence-electron chi connectivity index (χ0n) is 6.96. The van der Waals surface area contributed by atoms with E-state index >= 15 is 0 Å². The monoisotopic (exact) mass is 178 g/mol. The van der Waals surface area contributed by atoms with Gasteiger partial charge in [-0.3, -0.25) is 4.79 Å². The first kappa shape index (κ1) is 10.7. The predicted molar refractivity (Wildman–Crippen MR) is 46.9 cm³/mol. The summed E-state index contributed by atoms with van der Waals surface area (Å²) in [6.45, 7) is 1.87. The molecule has 0 aliphatic carbocycles. The van der Waals surface area contributed by atoms with Crippen LogP contribution in [0.15, 0.2) is 0 Å². The van der Waals surface area contributed by atoms with Crippen LogP contribution in [-0.2, 0) is 4.79 Å². The number of rotatable bonds is 2. The molecule has 1 aliphatic heterocycles. The van der Waals surface area contributed by atoms with Gasteiger partial charge < -0.3 is 10.2 Å². The Morgan fingerprint density at radius 3 is 2.64 bits per heavy atom. The van der Waals surface area contributed by atoms with Gasteiger partial charge in [-0.2, -0.15) is 0 Å². The van der Waals surface area contributed by atoms with Gasteiger partial charge in [0.25, 0.3) is 0 Å². The number of halogens is 1. The van der Waals surface area contributed by atoms with Gasteiger partial charge in [-0.05, 0) is 20.0 Å². The predicted octanol–water partition coefficient (Wildman–Crippen LogP) is 0.106. The quantitative estimate of drug-likeness (QED) is 0.651. The average Bonchev–Trinajstić information content (AvgIpc) is 2.13. The van der Waals surface area contributed by atoms with E-state index in [1.165, 1.54) is 0 Å². The molecule has 1 heterocycles. The van der Waals surface area contributed by atoms with Crippen molar-refractivity contribution in [3.8, 4) is 0 Å². The van der Waals surface area contributed by atoms with Gasteiger partial charge in [0.15, 0.2) is 0 Å². The van der Waals surface area contributed by atoms with Crippen molar-refractivity contribution in [3.63, 3.8) is 0 Å². The highest BCUT2D eigenvalue weighted by atomic mass is 35.5. The number of nitrogens with zero attached hydrogens (tertiary/aromatic N) is 1. The summed E-state index contributed by atoms with van der Waals surface area (Å²) in [5, 5.41) is 2.81. The minimum Gasteiger partial charge on any atom is -0.356 e. The third-order valence-corrected chi connectivity index (χ3v) is 1.69. The van der Waals surface area contributed by atoms with Crippen LogP contribution >= 0.6 is 12.4 Å². The fourth-order valence-electron chi connectivity index (χ4n) is 1.31. The van der Waals surface area contributed by atoms with Gasteiger partial charge in [0.1, 0.15) is 0 Å². The van der Waals surface area contributed by atoms with Gasteiger partial charge in [0.2, 0.25) is 5.91 Å². The van der Waals surface area contributed by atoms with Crippen LogP contribution in [0.3, 0.4) is 0 Å². The first-order chi connectivity index (χ1) is 4.68. The minimum atomic E-state index is 0. The molecular formula is C7H15ClN2O. The Morgan fingerprint density at radius 1 is 1.64 bits per heavy atom. The Balaban J connectivity index is 0.000001000. The minimum absolute atomic E-state index is 0. The molecule has 1 unspecified atom stereocenters. The molecule has 0 radical (unpaired) electrons. The fraction of sp³-hybridized carbons (Fsp3) is 0.857. The lowest BCUT2D eigenvalue weighted by Crippen LogP contribution is -2.23. The summed E-state index contributed by atoms with van der Waals surface area (Å²) in [6, 6.07) is 0. The first-order valence-corrected chi connectivity index (χ1v) is 3.60. The van der Waals surface area contributed by atoms with Crippen molar-refractivity contribution in [2.24, 2.45) is 5.92 Å². The van der Waals surface area contributed by atoms with Crippen molar-refractivity contribution in [1.29, 1.82) is 0 Å². The molecule has 0 aromatic rings. The highest BCUT2D eigenvalue weighted by molar-refractivity contribution is 5.85. The highest BCUT2D eigenvalue weighted by Crippen LogP contribution is 2.08. The summed E-state index contributed by atoms with van der Waals surface area (Å²) in [5.74, 6) is 0.731. The number of carbonyl (C=O) groups excluding carboxylic acids is 1. The maximum Gasteiger partial charge on any atom is 0.220 e. The lowest BCUT2D eigenvalue weighted by Gasteiger charge is -2.13. The van der Waals surface area contributed by atoms with Gasteiger partial charge in [-0.25, -0.2) is 0 Å². The summed E-state index contributed by atoms with van der Waals surface area (Å²) in [7, 11) is 4.06. The molecule has 1 rings (SSSR count). The molecule has 0 aromatic heterocycles. The summed E-state index contributed by atoms with van der Waals surface area (Å²) in [5.41, 5.74) is 0. The maximum atomic E-state index is 10.7. The van der Waals surface area contributed by atoms with Gasteiger partial charge in [-0.15, -0.1) is 12.4 Å². The third-order valence-electron chi connectivity index (χ3n) is 1.69. The van der Waals surface area contributed by atoms with Crippen LogP contribution in [0.25, 0.3) is 0 Å². The topological polar surface area (TPSA) is 32.3 Å². The molecule has 4 heteroatoms. The largest absolute Gasteiger partial charge is 0.356 e. The molecule has 1 fully saturated rings. The first-order valence-electron chi connectivity index (χ1n) is 3.60. The van der Waals surface area contributed by atoms with Gasteiger partial charge in [0, 0.05) is 19.5 Å². The zero-order chi connectivity index (χ0) is 7.56.